The first-order chi connectivity index (χ1) is 11.6. The van der Waals surface area contributed by atoms with Crippen LogP contribution in [0, 0.1) is 0 Å². The van der Waals surface area contributed by atoms with Crippen molar-refractivity contribution >= 4 is 29.0 Å². The van der Waals surface area contributed by atoms with Crippen molar-refractivity contribution in [3.63, 3.8) is 0 Å². The minimum Gasteiger partial charge on any atom is -0.504 e. The minimum absolute atomic E-state index is 0.0202. The van der Waals surface area contributed by atoms with E-state index in [9.17, 15) is 14.7 Å². The third kappa shape index (κ3) is 3.28. The molecular formula is C18H15NO4S. The molecule has 0 bridgehead atoms. The fourth-order valence-corrected chi connectivity index (χ4v) is 3.18. The van der Waals surface area contributed by atoms with Gasteiger partial charge in [0.25, 0.3) is 11.1 Å². The molecule has 0 spiro atoms. The number of phenols is 1. The largest absolute Gasteiger partial charge is 0.504 e. The van der Waals surface area contributed by atoms with Gasteiger partial charge in [-0.15, -0.1) is 0 Å². The number of amides is 2. The molecule has 2 amide bonds. The van der Waals surface area contributed by atoms with Crippen molar-refractivity contribution < 1.29 is 19.4 Å². The Hall–Kier alpha value is -2.73. The van der Waals surface area contributed by atoms with Crippen LogP contribution in [0.25, 0.3) is 6.08 Å². The van der Waals surface area contributed by atoms with Gasteiger partial charge in [-0.2, -0.15) is 0 Å². The first-order valence-electron chi connectivity index (χ1n) is 7.25. The highest BCUT2D eigenvalue weighted by Gasteiger charge is 2.34. The van der Waals surface area contributed by atoms with Crippen LogP contribution in [0.5, 0.6) is 11.5 Å². The fraction of sp³-hybridized carbons (Fsp3) is 0.111. The normalized spacial score (nSPS) is 16.0. The molecule has 3 rings (SSSR count). The molecule has 0 aromatic heterocycles. The molecule has 1 N–H and O–H groups in total. The maximum absolute atomic E-state index is 12.5. The van der Waals surface area contributed by atoms with E-state index in [1.807, 2.05) is 30.3 Å². The van der Waals surface area contributed by atoms with E-state index >= 15 is 0 Å². The van der Waals surface area contributed by atoms with E-state index in [2.05, 4.69) is 0 Å². The summed E-state index contributed by atoms with van der Waals surface area (Å²) >= 11 is 0.909. The number of hydrogen-bond donors (Lipinski definition) is 1. The lowest BCUT2D eigenvalue weighted by Crippen LogP contribution is -2.27. The molecule has 1 aliphatic heterocycles. The standard InChI is InChI=1S/C18H15NO4S/c1-23-15-9-13(7-8-14(15)20)10-16-17(21)19(18(22)24-16)11-12-5-3-2-4-6-12/h2-10,20H,11H2,1H3/b16-10-. The zero-order valence-corrected chi connectivity index (χ0v) is 13.7. The van der Waals surface area contributed by atoms with Crippen LogP contribution in [-0.2, 0) is 11.3 Å². The van der Waals surface area contributed by atoms with Gasteiger partial charge in [0, 0.05) is 0 Å². The molecule has 24 heavy (non-hydrogen) atoms. The molecule has 0 radical (unpaired) electrons. The van der Waals surface area contributed by atoms with E-state index in [0.29, 0.717) is 16.2 Å². The second-order valence-electron chi connectivity index (χ2n) is 5.18. The van der Waals surface area contributed by atoms with Gasteiger partial charge in [0.05, 0.1) is 18.6 Å². The zero-order valence-electron chi connectivity index (χ0n) is 12.9. The Morgan fingerprint density at radius 2 is 1.92 bits per heavy atom. The van der Waals surface area contributed by atoms with E-state index in [-0.39, 0.29) is 23.4 Å². The minimum atomic E-state index is -0.319. The summed E-state index contributed by atoms with van der Waals surface area (Å²) in [6, 6.07) is 14.1. The van der Waals surface area contributed by atoms with Crippen LogP contribution in [0.15, 0.2) is 53.4 Å². The maximum atomic E-state index is 12.5. The third-order valence-corrected chi connectivity index (χ3v) is 4.47. The summed E-state index contributed by atoms with van der Waals surface area (Å²) in [7, 11) is 1.45. The van der Waals surface area contributed by atoms with E-state index in [4.69, 9.17) is 4.74 Å². The predicted molar refractivity (Wildman–Crippen MR) is 92.6 cm³/mol. The van der Waals surface area contributed by atoms with Crippen LogP contribution in [-0.4, -0.2) is 28.3 Å². The number of aromatic hydroxyl groups is 1. The van der Waals surface area contributed by atoms with E-state index < -0.39 is 0 Å². The second-order valence-corrected chi connectivity index (χ2v) is 6.18. The van der Waals surface area contributed by atoms with Gasteiger partial charge in [0.15, 0.2) is 11.5 Å². The number of carbonyl (C=O) groups is 2. The van der Waals surface area contributed by atoms with Crippen LogP contribution in [0.3, 0.4) is 0 Å². The summed E-state index contributed by atoms with van der Waals surface area (Å²) in [6.07, 6.45) is 1.62. The summed E-state index contributed by atoms with van der Waals surface area (Å²) in [5, 5.41) is 9.32. The number of imide groups is 1. The smallest absolute Gasteiger partial charge is 0.293 e. The summed E-state index contributed by atoms with van der Waals surface area (Å²) < 4.78 is 5.05. The van der Waals surface area contributed by atoms with Crippen molar-refractivity contribution in [3.05, 3.63) is 64.6 Å². The lowest BCUT2D eigenvalue weighted by atomic mass is 10.1. The van der Waals surface area contributed by atoms with Crippen molar-refractivity contribution in [2.24, 2.45) is 0 Å². The number of thioether (sulfide) groups is 1. The molecule has 6 heteroatoms. The monoisotopic (exact) mass is 341 g/mol. The highest BCUT2D eigenvalue weighted by Crippen LogP contribution is 2.34. The Morgan fingerprint density at radius 1 is 1.17 bits per heavy atom. The highest BCUT2D eigenvalue weighted by atomic mass is 32.2. The average Bonchev–Trinajstić information content (AvgIpc) is 2.85. The number of phenolic OH excluding ortho intramolecular Hbond substituents is 1. The Morgan fingerprint density at radius 3 is 2.62 bits per heavy atom. The number of benzene rings is 2. The second kappa shape index (κ2) is 6.80. The van der Waals surface area contributed by atoms with Gasteiger partial charge in [-0.25, -0.2) is 0 Å². The number of hydrogen-bond acceptors (Lipinski definition) is 5. The SMILES string of the molecule is COc1cc(/C=C2\SC(=O)N(Cc3ccccc3)C2=O)ccc1O. The molecule has 5 nitrogen and oxygen atoms in total. The first-order valence-corrected chi connectivity index (χ1v) is 8.06. The van der Waals surface area contributed by atoms with E-state index in [1.54, 1.807) is 18.2 Å². The number of methoxy groups -OCH3 is 1. The molecule has 122 valence electrons. The molecule has 2 aromatic rings. The molecule has 1 saturated heterocycles. The Balaban J connectivity index is 1.83. The number of ether oxygens (including phenoxy) is 1. The summed E-state index contributed by atoms with van der Waals surface area (Å²) in [4.78, 5) is 26.2. The topological polar surface area (TPSA) is 66.8 Å². The van der Waals surface area contributed by atoms with E-state index in [0.717, 1.165) is 17.3 Å². The highest BCUT2D eigenvalue weighted by molar-refractivity contribution is 8.18. The lowest BCUT2D eigenvalue weighted by Gasteiger charge is -2.12. The van der Waals surface area contributed by atoms with Gasteiger partial charge >= 0.3 is 0 Å². The van der Waals surface area contributed by atoms with E-state index in [1.165, 1.54) is 18.1 Å². The number of rotatable bonds is 4. The molecular weight excluding hydrogens is 326 g/mol. The van der Waals surface area contributed by atoms with Crippen molar-refractivity contribution in [3.8, 4) is 11.5 Å². The predicted octanol–water partition coefficient (Wildman–Crippen LogP) is 3.64. The van der Waals surface area contributed by atoms with Crippen molar-refractivity contribution in [1.82, 2.24) is 4.90 Å². The zero-order chi connectivity index (χ0) is 17.1. The summed E-state index contributed by atoms with van der Waals surface area (Å²) in [5.74, 6) is 0.0139. The molecule has 1 fully saturated rings. The van der Waals surface area contributed by atoms with Crippen molar-refractivity contribution in [2.45, 2.75) is 6.54 Å². The molecule has 0 unspecified atom stereocenters. The Bertz CT molecular complexity index is 817. The number of nitrogens with zero attached hydrogens (tertiary/aromatic N) is 1. The first kappa shape index (κ1) is 16.1. The summed E-state index contributed by atoms with van der Waals surface area (Å²) in [5.41, 5.74) is 1.57. The van der Waals surface area contributed by atoms with Gasteiger partial charge in [-0.05, 0) is 41.1 Å². The van der Waals surface area contributed by atoms with Crippen LogP contribution < -0.4 is 4.74 Å². The van der Waals surface area contributed by atoms with Crippen LogP contribution in [0.1, 0.15) is 11.1 Å². The molecule has 0 aliphatic carbocycles. The van der Waals surface area contributed by atoms with Crippen LogP contribution in [0.4, 0.5) is 4.79 Å². The van der Waals surface area contributed by atoms with Crippen LogP contribution in [0.2, 0.25) is 0 Å². The van der Waals surface area contributed by atoms with Gasteiger partial charge in [0.2, 0.25) is 0 Å². The quantitative estimate of drug-likeness (QED) is 0.860. The summed E-state index contributed by atoms with van der Waals surface area (Å²) in [6.45, 7) is 0.252. The van der Waals surface area contributed by atoms with Gasteiger partial charge in [0.1, 0.15) is 0 Å². The molecule has 1 aliphatic rings. The van der Waals surface area contributed by atoms with Crippen LogP contribution >= 0.6 is 11.8 Å². The third-order valence-electron chi connectivity index (χ3n) is 3.56. The van der Waals surface area contributed by atoms with Gasteiger partial charge in [-0.3, -0.25) is 14.5 Å². The van der Waals surface area contributed by atoms with Gasteiger partial charge < -0.3 is 9.84 Å². The van der Waals surface area contributed by atoms with Crippen molar-refractivity contribution in [2.75, 3.05) is 7.11 Å². The maximum Gasteiger partial charge on any atom is 0.293 e. The molecule has 0 saturated carbocycles. The fourth-order valence-electron chi connectivity index (χ4n) is 2.34. The molecule has 1 heterocycles. The number of carbonyl (C=O) groups excluding carboxylic acids is 2. The average molecular weight is 341 g/mol. The lowest BCUT2D eigenvalue weighted by molar-refractivity contribution is -0.123. The Labute approximate surface area is 143 Å². The van der Waals surface area contributed by atoms with Gasteiger partial charge in [-0.1, -0.05) is 36.4 Å². The van der Waals surface area contributed by atoms with Crippen molar-refractivity contribution in [1.29, 1.82) is 0 Å². The molecule has 0 atom stereocenters. The molecule has 2 aromatic carbocycles. The Kier molecular flexibility index (Phi) is 4.57.